The number of hydrogen-bond acceptors (Lipinski definition) is 6. The summed E-state index contributed by atoms with van der Waals surface area (Å²) in [5, 5.41) is 4.19. The molecule has 0 aliphatic carbocycles. The van der Waals surface area contributed by atoms with Gasteiger partial charge in [-0.3, -0.25) is 5.43 Å². The van der Waals surface area contributed by atoms with Gasteiger partial charge in [-0.05, 0) is 59.7 Å². The molecule has 0 atom stereocenters. The minimum Gasteiger partial charge on any atom is -0.497 e. The number of hydrogen-bond donors (Lipinski definition) is 1. The van der Waals surface area contributed by atoms with E-state index in [1.807, 2.05) is 54.6 Å². The highest BCUT2D eigenvalue weighted by Crippen LogP contribution is 2.28. The second-order valence-electron chi connectivity index (χ2n) is 6.17. The molecular weight excluding hydrogens is 380 g/mol. The Kier molecular flexibility index (Phi) is 7.22. The predicted molar refractivity (Wildman–Crippen MR) is 118 cm³/mol. The van der Waals surface area contributed by atoms with Crippen LogP contribution in [0.25, 0.3) is 6.08 Å². The Morgan fingerprint density at radius 1 is 0.867 bits per heavy atom. The molecule has 0 aliphatic heterocycles. The molecule has 0 aliphatic rings. The number of hydrazone groups is 1. The number of benzene rings is 3. The first kappa shape index (κ1) is 20.7. The van der Waals surface area contributed by atoms with Gasteiger partial charge in [0, 0.05) is 6.08 Å². The minimum absolute atomic E-state index is 0.329. The zero-order valence-electron chi connectivity index (χ0n) is 16.7. The summed E-state index contributed by atoms with van der Waals surface area (Å²) in [6.45, 7) is 0. The van der Waals surface area contributed by atoms with Crippen LogP contribution in [0.5, 0.6) is 17.2 Å². The number of carbonyl (C=O) groups is 1. The SMILES string of the molecule is COc1ccc(/C=C/C(=O)Oc2ccc(/C=N\Nc3ccccc3)cc2OC)cc1. The summed E-state index contributed by atoms with van der Waals surface area (Å²) in [7, 11) is 3.12. The van der Waals surface area contributed by atoms with Gasteiger partial charge in [-0.1, -0.05) is 30.3 Å². The maximum Gasteiger partial charge on any atom is 0.336 e. The fraction of sp³-hybridized carbons (Fsp3) is 0.0833. The van der Waals surface area contributed by atoms with Crippen LogP contribution < -0.4 is 19.6 Å². The van der Waals surface area contributed by atoms with Gasteiger partial charge >= 0.3 is 5.97 Å². The number of nitrogens with zero attached hydrogens (tertiary/aromatic N) is 1. The first-order chi connectivity index (χ1) is 14.7. The van der Waals surface area contributed by atoms with E-state index in [0.717, 1.165) is 22.6 Å². The fourth-order valence-electron chi connectivity index (χ4n) is 2.56. The number of ether oxygens (including phenoxy) is 3. The van der Waals surface area contributed by atoms with E-state index in [1.54, 1.807) is 37.6 Å². The number of para-hydroxylation sites is 1. The van der Waals surface area contributed by atoms with Crippen molar-refractivity contribution < 1.29 is 19.0 Å². The van der Waals surface area contributed by atoms with Crippen molar-refractivity contribution in [2.45, 2.75) is 0 Å². The molecular formula is C24H22N2O4. The molecule has 0 amide bonds. The number of methoxy groups -OCH3 is 2. The van der Waals surface area contributed by atoms with E-state index in [-0.39, 0.29) is 0 Å². The van der Waals surface area contributed by atoms with Crippen LogP contribution in [0.2, 0.25) is 0 Å². The summed E-state index contributed by atoms with van der Waals surface area (Å²) >= 11 is 0. The molecule has 0 saturated heterocycles. The Balaban J connectivity index is 1.62. The van der Waals surface area contributed by atoms with E-state index in [2.05, 4.69) is 10.5 Å². The lowest BCUT2D eigenvalue weighted by Gasteiger charge is -2.08. The molecule has 3 aromatic rings. The third kappa shape index (κ3) is 5.97. The van der Waals surface area contributed by atoms with Gasteiger partial charge in [0.2, 0.25) is 0 Å². The van der Waals surface area contributed by atoms with Gasteiger partial charge in [-0.25, -0.2) is 4.79 Å². The van der Waals surface area contributed by atoms with Crippen LogP contribution in [0.4, 0.5) is 5.69 Å². The molecule has 3 rings (SSSR count). The average Bonchev–Trinajstić information content (AvgIpc) is 2.79. The molecule has 0 heterocycles. The standard InChI is InChI=1S/C24H22N2O4/c1-28-21-12-8-18(9-13-21)11-15-24(27)30-22-14-10-19(16-23(22)29-2)17-25-26-20-6-4-3-5-7-20/h3-17,26H,1-2H3/b15-11+,25-17-. The van der Waals surface area contributed by atoms with Gasteiger partial charge in [0.05, 0.1) is 26.1 Å². The van der Waals surface area contributed by atoms with Crippen LogP contribution in [-0.2, 0) is 4.79 Å². The third-order valence-electron chi connectivity index (χ3n) is 4.11. The molecule has 6 nitrogen and oxygen atoms in total. The van der Waals surface area contributed by atoms with Crippen molar-refractivity contribution in [3.63, 3.8) is 0 Å². The molecule has 0 radical (unpaired) electrons. The van der Waals surface area contributed by atoms with Crippen LogP contribution in [0, 0.1) is 0 Å². The monoisotopic (exact) mass is 402 g/mol. The Morgan fingerprint density at radius 2 is 1.60 bits per heavy atom. The van der Waals surface area contributed by atoms with Gasteiger partial charge in [-0.2, -0.15) is 5.10 Å². The van der Waals surface area contributed by atoms with Crippen LogP contribution in [0.3, 0.4) is 0 Å². The lowest BCUT2D eigenvalue weighted by atomic mass is 10.2. The molecule has 0 spiro atoms. The van der Waals surface area contributed by atoms with Crippen LogP contribution in [-0.4, -0.2) is 26.4 Å². The highest BCUT2D eigenvalue weighted by molar-refractivity contribution is 5.89. The average molecular weight is 402 g/mol. The fourth-order valence-corrected chi connectivity index (χ4v) is 2.56. The summed E-state index contributed by atoms with van der Waals surface area (Å²) in [6.07, 6.45) is 4.69. The van der Waals surface area contributed by atoms with Crippen molar-refractivity contribution in [1.82, 2.24) is 0 Å². The lowest BCUT2D eigenvalue weighted by molar-refractivity contribution is -0.129. The van der Waals surface area contributed by atoms with E-state index in [9.17, 15) is 4.79 Å². The maximum atomic E-state index is 12.2. The number of carbonyl (C=O) groups excluding carboxylic acids is 1. The van der Waals surface area contributed by atoms with Gasteiger partial charge in [-0.15, -0.1) is 0 Å². The molecule has 1 N–H and O–H groups in total. The summed E-state index contributed by atoms with van der Waals surface area (Å²) in [4.78, 5) is 12.2. The quantitative estimate of drug-likeness (QED) is 0.193. The van der Waals surface area contributed by atoms with Crippen LogP contribution in [0.15, 0.2) is 84.0 Å². The first-order valence-electron chi connectivity index (χ1n) is 9.24. The molecule has 0 unspecified atom stereocenters. The normalized spacial score (nSPS) is 10.9. The van der Waals surface area contributed by atoms with Crippen LogP contribution in [0.1, 0.15) is 11.1 Å². The maximum absolute atomic E-state index is 12.2. The number of nitrogens with one attached hydrogen (secondary N) is 1. The van der Waals surface area contributed by atoms with Crippen molar-refractivity contribution in [1.29, 1.82) is 0 Å². The smallest absolute Gasteiger partial charge is 0.336 e. The summed E-state index contributed by atoms with van der Waals surface area (Å²) < 4.78 is 15.9. The Bertz CT molecular complexity index is 1030. The van der Waals surface area contributed by atoms with Crippen molar-refractivity contribution in [2.24, 2.45) is 5.10 Å². The second kappa shape index (κ2) is 10.5. The number of anilines is 1. The van der Waals surface area contributed by atoms with E-state index in [1.165, 1.54) is 13.2 Å². The van der Waals surface area contributed by atoms with Crippen molar-refractivity contribution in [2.75, 3.05) is 19.6 Å². The molecule has 0 aromatic heterocycles. The highest BCUT2D eigenvalue weighted by atomic mass is 16.6. The van der Waals surface area contributed by atoms with Gasteiger partial charge in [0.25, 0.3) is 0 Å². The summed E-state index contributed by atoms with van der Waals surface area (Å²) in [5.74, 6) is 1.01. The van der Waals surface area contributed by atoms with Crippen molar-refractivity contribution in [3.8, 4) is 17.2 Å². The zero-order valence-corrected chi connectivity index (χ0v) is 16.7. The molecule has 0 fully saturated rings. The number of esters is 1. The number of rotatable bonds is 8. The molecule has 0 bridgehead atoms. The molecule has 30 heavy (non-hydrogen) atoms. The summed E-state index contributed by atoms with van der Waals surface area (Å²) in [6, 6.07) is 22.2. The van der Waals surface area contributed by atoms with E-state index in [0.29, 0.717) is 11.5 Å². The molecule has 0 saturated carbocycles. The van der Waals surface area contributed by atoms with Crippen LogP contribution >= 0.6 is 0 Å². The predicted octanol–water partition coefficient (Wildman–Crippen LogP) is 4.77. The molecule has 3 aromatic carbocycles. The summed E-state index contributed by atoms with van der Waals surface area (Å²) in [5.41, 5.74) is 5.48. The van der Waals surface area contributed by atoms with E-state index < -0.39 is 5.97 Å². The third-order valence-corrected chi connectivity index (χ3v) is 4.11. The van der Waals surface area contributed by atoms with Gasteiger partial charge in [0.1, 0.15) is 5.75 Å². The van der Waals surface area contributed by atoms with Gasteiger partial charge in [0.15, 0.2) is 11.5 Å². The van der Waals surface area contributed by atoms with Gasteiger partial charge < -0.3 is 14.2 Å². The zero-order chi connectivity index (χ0) is 21.2. The second-order valence-corrected chi connectivity index (χ2v) is 6.17. The lowest BCUT2D eigenvalue weighted by Crippen LogP contribution is -2.05. The molecule has 6 heteroatoms. The highest BCUT2D eigenvalue weighted by Gasteiger charge is 2.08. The Labute approximate surface area is 175 Å². The minimum atomic E-state index is -0.503. The van der Waals surface area contributed by atoms with E-state index >= 15 is 0 Å². The largest absolute Gasteiger partial charge is 0.497 e. The van der Waals surface area contributed by atoms with Crippen molar-refractivity contribution in [3.05, 3.63) is 90.0 Å². The first-order valence-corrected chi connectivity index (χ1v) is 9.24. The van der Waals surface area contributed by atoms with Crippen molar-refractivity contribution >= 4 is 23.9 Å². The topological polar surface area (TPSA) is 69.2 Å². The Morgan fingerprint density at radius 3 is 2.30 bits per heavy atom. The Hall–Kier alpha value is -4.06. The molecule has 152 valence electrons. The van der Waals surface area contributed by atoms with E-state index in [4.69, 9.17) is 14.2 Å².